The first-order valence-electron chi connectivity index (χ1n) is 7.42. The molecule has 1 fully saturated rings. The largest absolute Gasteiger partial charge is 0.361 e. The first-order valence-corrected chi connectivity index (χ1v) is 7.42. The van der Waals surface area contributed by atoms with Crippen LogP contribution < -0.4 is 0 Å². The highest BCUT2D eigenvalue weighted by Crippen LogP contribution is 2.48. The molecule has 0 aromatic heterocycles. The first kappa shape index (κ1) is 13.5. The van der Waals surface area contributed by atoms with Crippen LogP contribution >= 0.6 is 0 Å². The number of carbonyl (C=O) groups is 2. The Morgan fingerprint density at radius 1 is 0.955 bits per heavy atom. The minimum Gasteiger partial charge on any atom is -0.361 e. The van der Waals surface area contributed by atoms with Gasteiger partial charge in [-0.3, -0.25) is 14.5 Å². The minimum atomic E-state index is -0.474. The van der Waals surface area contributed by atoms with Crippen LogP contribution in [-0.4, -0.2) is 34.5 Å². The van der Waals surface area contributed by atoms with Gasteiger partial charge in [-0.25, -0.2) is 0 Å². The second-order valence-electron chi connectivity index (χ2n) is 6.75. The van der Waals surface area contributed by atoms with E-state index >= 15 is 0 Å². The van der Waals surface area contributed by atoms with Crippen molar-refractivity contribution in [2.75, 3.05) is 6.54 Å². The van der Waals surface area contributed by atoms with Gasteiger partial charge in [-0.05, 0) is 38.3 Å². The monoisotopic (exact) mass is 295 g/mol. The molecule has 2 aromatic rings. The summed E-state index contributed by atoms with van der Waals surface area (Å²) in [5, 5.41) is 1.68. The van der Waals surface area contributed by atoms with Gasteiger partial charge in [0, 0.05) is 16.5 Å². The number of nitrogens with zero attached hydrogens (tertiary/aromatic N) is 1. The molecule has 2 aromatic carbocycles. The Morgan fingerprint density at radius 2 is 1.45 bits per heavy atom. The van der Waals surface area contributed by atoms with Gasteiger partial charge < -0.3 is 4.74 Å². The van der Waals surface area contributed by atoms with Gasteiger partial charge >= 0.3 is 0 Å². The maximum Gasteiger partial charge on any atom is 0.261 e. The van der Waals surface area contributed by atoms with E-state index in [1.54, 1.807) is 12.1 Å². The van der Waals surface area contributed by atoms with E-state index in [9.17, 15) is 9.59 Å². The van der Waals surface area contributed by atoms with E-state index in [1.807, 2.05) is 45.0 Å². The van der Waals surface area contributed by atoms with Crippen molar-refractivity contribution in [2.45, 2.75) is 32.0 Å². The Balaban J connectivity index is 1.83. The average Bonchev–Trinajstić information content (AvgIpc) is 2.99. The van der Waals surface area contributed by atoms with Crippen LogP contribution in [0.15, 0.2) is 36.4 Å². The summed E-state index contributed by atoms with van der Waals surface area (Å²) in [6.07, 6.45) is 0. The van der Waals surface area contributed by atoms with Crippen molar-refractivity contribution in [3.8, 4) is 0 Å². The number of ether oxygens (including phenoxy) is 1. The molecule has 4 nitrogen and oxygen atoms in total. The molecule has 0 bridgehead atoms. The highest BCUT2D eigenvalue weighted by molar-refractivity contribution is 6.25. The van der Waals surface area contributed by atoms with E-state index in [0.29, 0.717) is 11.1 Å². The number of benzene rings is 2. The third kappa shape index (κ3) is 1.61. The van der Waals surface area contributed by atoms with Crippen LogP contribution in [0.4, 0.5) is 0 Å². The lowest BCUT2D eigenvalue weighted by atomic mass is 9.92. The zero-order valence-corrected chi connectivity index (χ0v) is 12.8. The number of amides is 2. The molecule has 0 saturated carbocycles. The molecule has 4 heteroatoms. The summed E-state index contributed by atoms with van der Waals surface area (Å²) in [7, 11) is 0. The number of carbonyl (C=O) groups excluding carboxylic acids is 2. The summed E-state index contributed by atoms with van der Waals surface area (Å²) < 4.78 is 5.71. The van der Waals surface area contributed by atoms with Crippen molar-refractivity contribution in [2.24, 2.45) is 0 Å². The van der Waals surface area contributed by atoms with Gasteiger partial charge in [-0.2, -0.15) is 0 Å². The Kier molecular flexibility index (Phi) is 2.42. The molecule has 112 valence electrons. The summed E-state index contributed by atoms with van der Waals surface area (Å²) in [6, 6.07) is 11.1. The van der Waals surface area contributed by atoms with Gasteiger partial charge in [-0.1, -0.05) is 24.3 Å². The van der Waals surface area contributed by atoms with E-state index in [-0.39, 0.29) is 24.0 Å². The number of rotatable bonds is 2. The highest BCUT2D eigenvalue weighted by Gasteiger charge is 2.61. The maximum atomic E-state index is 12.8. The average molecular weight is 295 g/mol. The summed E-state index contributed by atoms with van der Waals surface area (Å²) in [5.74, 6) is -0.469. The molecule has 2 heterocycles. The van der Waals surface area contributed by atoms with Crippen molar-refractivity contribution in [1.82, 2.24) is 4.90 Å². The molecule has 0 spiro atoms. The molecule has 0 N–H and O–H groups in total. The summed E-state index contributed by atoms with van der Waals surface area (Å²) in [6.45, 7) is 6.16. The van der Waals surface area contributed by atoms with Gasteiger partial charge in [0.15, 0.2) is 0 Å². The Hall–Kier alpha value is -2.20. The van der Waals surface area contributed by atoms with E-state index in [1.165, 1.54) is 4.90 Å². The van der Waals surface area contributed by atoms with Crippen LogP contribution in [0.3, 0.4) is 0 Å². The molecular formula is C18H17NO3. The Labute approximate surface area is 128 Å². The van der Waals surface area contributed by atoms with E-state index < -0.39 is 5.60 Å². The summed E-state index contributed by atoms with van der Waals surface area (Å²) in [5.41, 5.74) is 0.402. The van der Waals surface area contributed by atoms with Crippen molar-refractivity contribution >= 4 is 22.6 Å². The van der Waals surface area contributed by atoms with Crippen molar-refractivity contribution in [1.29, 1.82) is 0 Å². The van der Waals surface area contributed by atoms with Crippen LogP contribution in [0.2, 0.25) is 0 Å². The van der Waals surface area contributed by atoms with Crippen molar-refractivity contribution < 1.29 is 14.3 Å². The van der Waals surface area contributed by atoms with Gasteiger partial charge in [0.1, 0.15) is 5.60 Å². The molecule has 0 aliphatic carbocycles. The third-order valence-electron chi connectivity index (χ3n) is 5.03. The van der Waals surface area contributed by atoms with Crippen LogP contribution in [0.1, 0.15) is 41.5 Å². The summed E-state index contributed by atoms with van der Waals surface area (Å²) in [4.78, 5) is 26.9. The zero-order valence-electron chi connectivity index (χ0n) is 12.8. The lowest BCUT2D eigenvalue weighted by Crippen LogP contribution is -2.46. The van der Waals surface area contributed by atoms with E-state index in [4.69, 9.17) is 4.74 Å². The topological polar surface area (TPSA) is 49.9 Å². The Morgan fingerprint density at radius 3 is 1.91 bits per heavy atom. The molecule has 1 atom stereocenters. The van der Waals surface area contributed by atoms with Gasteiger partial charge in [-0.15, -0.1) is 0 Å². The van der Waals surface area contributed by atoms with E-state index in [2.05, 4.69) is 0 Å². The van der Waals surface area contributed by atoms with Crippen LogP contribution in [0, 0.1) is 0 Å². The van der Waals surface area contributed by atoms with Crippen LogP contribution in [0.25, 0.3) is 10.8 Å². The number of hydrogen-bond donors (Lipinski definition) is 0. The number of hydrogen-bond acceptors (Lipinski definition) is 3. The van der Waals surface area contributed by atoms with Crippen molar-refractivity contribution in [3.05, 3.63) is 47.5 Å². The molecule has 2 amide bonds. The molecule has 22 heavy (non-hydrogen) atoms. The second-order valence-corrected chi connectivity index (χ2v) is 6.75. The quantitative estimate of drug-likeness (QED) is 0.632. The molecule has 4 rings (SSSR count). The van der Waals surface area contributed by atoms with Crippen LogP contribution in [-0.2, 0) is 4.74 Å². The fourth-order valence-electron chi connectivity index (χ4n) is 3.29. The second kappa shape index (κ2) is 3.96. The highest BCUT2D eigenvalue weighted by atomic mass is 16.6. The molecule has 2 aliphatic rings. The molecular weight excluding hydrogens is 278 g/mol. The fraction of sp³-hybridized carbons (Fsp3) is 0.333. The standard InChI is InChI=1S/C18H17NO3/c1-17(2)18(3,22-17)10-19-15(20)12-8-4-6-11-7-5-9-13(14(11)12)16(19)21/h4-9H,10H2,1-3H3. The predicted molar refractivity (Wildman–Crippen MR) is 82.9 cm³/mol. The first-order chi connectivity index (χ1) is 10.3. The minimum absolute atomic E-state index is 0.234. The smallest absolute Gasteiger partial charge is 0.261 e. The van der Waals surface area contributed by atoms with Gasteiger partial charge in [0.2, 0.25) is 0 Å². The number of epoxide rings is 1. The Bertz CT molecular complexity index is 789. The summed E-state index contributed by atoms with van der Waals surface area (Å²) >= 11 is 0. The van der Waals surface area contributed by atoms with Gasteiger partial charge in [0.05, 0.1) is 12.1 Å². The fourth-order valence-corrected chi connectivity index (χ4v) is 3.29. The predicted octanol–water partition coefficient (Wildman–Crippen LogP) is 3.00. The number of imide groups is 1. The zero-order chi connectivity index (χ0) is 15.7. The molecule has 1 saturated heterocycles. The van der Waals surface area contributed by atoms with Gasteiger partial charge in [0.25, 0.3) is 11.8 Å². The lowest BCUT2D eigenvalue weighted by Gasteiger charge is -2.29. The van der Waals surface area contributed by atoms with E-state index in [0.717, 1.165) is 10.8 Å². The maximum absolute atomic E-state index is 12.8. The lowest BCUT2D eigenvalue weighted by molar-refractivity contribution is 0.0571. The SMILES string of the molecule is CC1(C)OC1(C)CN1C(=O)c2cccc3cccc(c23)C1=O. The normalized spacial score (nSPS) is 25.7. The molecule has 2 aliphatic heterocycles. The molecule has 1 unspecified atom stereocenters. The molecule has 0 radical (unpaired) electrons. The third-order valence-corrected chi connectivity index (χ3v) is 5.03. The van der Waals surface area contributed by atoms with Crippen LogP contribution in [0.5, 0.6) is 0 Å². The van der Waals surface area contributed by atoms with Crippen molar-refractivity contribution in [3.63, 3.8) is 0 Å².